The Balaban J connectivity index is 2.57. The van der Waals surface area contributed by atoms with Crippen molar-refractivity contribution >= 4 is 6.29 Å². The fraction of sp³-hybridized carbons (Fsp3) is 0.900. The minimum atomic E-state index is -0.188. The van der Waals surface area contributed by atoms with E-state index in [1.54, 1.807) is 0 Å². The minimum Gasteiger partial charge on any atom is -0.396 e. The highest BCUT2D eigenvalue weighted by molar-refractivity contribution is 5.59. The molecule has 12 heavy (non-hydrogen) atoms. The summed E-state index contributed by atoms with van der Waals surface area (Å²) in [6.45, 7) is 2.33. The van der Waals surface area contributed by atoms with E-state index >= 15 is 0 Å². The first kappa shape index (κ1) is 9.72. The van der Waals surface area contributed by atoms with Crippen LogP contribution in [0.15, 0.2) is 0 Å². The molecule has 0 saturated heterocycles. The van der Waals surface area contributed by atoms with Crippen molar-refractivity contribution in [2.75, 3.05) is 6.61 Å². The first-order valence-electron chi connectivity index (χ1n) is 4.80. The molecule has 0 aromatic rings. The number of aliphatic hydroxyl groups excluding tert-OH is 1. The number of hydrogen-bond donors (Lipinski definition) is 1. The van der Waals surface area contributed by atoms with Gasteiger partial charge in [-0.15, -0.1) is 0 Å². The Bertz CT molecular complexity index is 152. The van der Waals surface area contributed by atoms with Crippen LogP contribution in [0.3, 0.4) is 0 Å². The van der Waals surface area contributed by atoms with Gasteiger partial charge in [0.05, 0.1) is 0 Å². The molecule has 0 aromatic carbocycles. The molecule has 0 aliphatic heterocycles. The van der Waals surface area contributed by atoms with Gasteiger partial charge >= 0.3 is 0 Å². The van der Waals surface area contributed by atoms with Crippen molar-refractivity contribution in [2.45, 2.75) is 39.0 Å². The van der Waals surface area contributed by atoms with Crippen LogP contribution in [0.5, 0.6) is 0 Å². The van der Waals surface area contributed by atoms with E-state index in [-0.39, 0.29) is 12.0 Å². The Labute approximate surface area is 74.0 Å². The van der Waals surface area contributed by atoms with E-state index in [9.17, 15) is 4.79 Å². The summed E-state index contributed by atoms with van der Waals surface area (Å²) < 4.78 is 0. The smallest absolute Gasteiger partial charge is 0.126 e. The summed E-state index contributed by atoms with van der Waals surface area (Å²) in [5.41, 5.74) is -0.188. The van der Waals surface area contributed by atoms with Gasteiger partial charge in [-0.3, -0.25) is 0 Å². The van der Waals surface area contributed by atoms with Crippen molar-refractivity contribution in [2.24, 2.45) is 11.3 Å². The summed E-state index contributed by atoms with van der Waals surface area (Å²) in [4.78, 5) is 10.9. The van der Waals surface area contributed by atoms with Crippen molar-refractivity contribution in [1.82, 2.24) is 0 Å². The SMILES string of the molecule is CC1CCCC(C=O)(CCO)C1. The predicted octanol–water partition coefficient (Wildman–Crippen LogP) is 1.76. The number of rotatable bonds is 3. The fourth-order valence-electron chi connectivity index (χ4n) is 2.32. The van der Waals surface area contributed by atoms with Crippen molar-refractivity contribution in [3.8, 4) is 0 Å². The average molecular weight is 170 g/mol. The number of hydrogen-bond acceptors (Lipinski definition) is 2. The summed E-state index contributed by atoms with van der Waals surface area (Å²) in [6.07, 6.45) is 6.04. The number of carbonyl (C=O) groups is 1. The van der Waals surface area contributed by atoms with Crippen LogP contribution in [-0.2, 0) is 4.79 Å². The largest absolute Gasteiger partial charge is 0.396 e. The molecule has 1 fully saturated rings. The minimum absolute atomic E-state index is 0.144. The second kappa shape index (κ2) is 4.04. The molecule has 2 nitrogen and oxygen atoms in total. The monoisotopic (exact) mass is 170 g/mol. The zero-order valence-corrected chi connectivity index (χ0v) is 7.75. The highest BCUT2D eigenvalue weighted by Crippen LogP contribution is 2.39. The summed E-state index contributed by atoms with van der Waals surface area (Å²) in [7, 11) is 0. The number of aldehydes is 1. The lowest BCUT2D eigenvalue weighted by Gasteiger charge is -2.35. The van der Waals surface area contributed by atoms with E-state index < -0.39 is 0 Å². The molecular formula is C10H18O2. The third kappa shape index (κ3) is 2.07. The van der Waals surface area contributed by atoms with Gasteiger partial charge in [-0.05, 0) is 25.2 Å². The zero-order chi connectivity index (χ0) is 9.03. The molecule has 1 N–H and O–H groups in total. The maximum absolute atomic E-state index is 10.9. The van der Waals surface area contributed by atoms with Gasteiger partial charge in [-0.1, -0.05) is 19.8 Å². The maximum Gasteiger partial charge on any atom is 0.126 e. The van der Waals surface area contributed by atoms with Crippen LogP contribution >= 0.6 is 0 Å². The molecule has 1 aliphatic rings. The van der Waals surface area contributed by atoms with E-state index in [1.807, 2.05) is 0 Å². The molecule has 0 spiro atoms. The van der Waals surface area contributed by atoms with Crippen LogP contribution in [0.1, 0.15) is 39.0 Å². The first-order valence-corrected chi connectivity index (χ1v) is 4.80. The second-order valence-electron chi connectivity index (χ2n) is 4.16. The van der Waals surface area contributed by atoms with Gasteiger partial charge in [0, 0.05) is 12.0 Å². The lowest BCUT2D eigenvalue weighted by atomic mass is 9.69. The highest BCUT2D eigenvalue weighted by atomic mass is 16.3. The van der Waals surface area contributed by atoms with E-state index in [4.69, 9.17) is 5.11 Å². The highest BCUT2D eigenvalue weighted by Gasteiger charge is 2.33. The summed E-state index contributed by atoms with van der Waals surface area (Å²) in [5.74, 6) is 0.649. The molecule has 0 aromatic heterocycles. The molecule has 70 valence electrons. The van der Waals surface area contributed by atoms with Gasteiger partial charge < -0.3 is 9.90 Å². The fourth-order valence-corrected chi connectivity index (χ4v) is 2.32. The Morgan fingerprint density at radius 2 is 2.42 bits per heavy atom. The van der Waals surface area contributed by atoms with Crippen LogP contribution in [0.2, 0.25) is 0 Å². The van der Waals surface area contributed by atoms with Crippen LogP contribution in [0, 0.1) is 11.3 Å². The average Bonchev–Trinajstić information content (AvgIpc) is 2.05. The molecule has 0 radical (unpaired) electrons. The normalized spacial score (nSPS) is 36.3. The van der Waals surface area contributed by atoms with E-state index in [1.165, 1.54) is 6.42 Å². The Morgan fingerprint density at radius 3 is 2.92 bits per heavy atom. The number of aliphatic hydroxyl groups is 1. The molecule has 2 atom stereocenters. The summed E-state index contributed by atoms with van der Waals surface area (Å²) >= 11 is 0. The molecule has 2 heteroatoms. The zero-order valence-electron chi connectivity index (χ0n) is 7.75. The van der Waals surface area contributed by atoms with Crippen LogP contribution in [-0.4, -0.2) is 18.0 Å². The van der Waals surface area contributed by atoms with E-state index in [2.05, 4.69) is 6.92 Å². The summed E-state index contributed by atoms with van der Waals surface area (Å²) in [5, 5.41) is 8.84. The molecule has 2 unspecified atom stereocenters. The predicted molar refractivity (Wildman–Crippen MR) is 47.8 cm³/mol. The molecule has 1 aliphatic carbocycles. The lowest BCUT2D eigenvalue weighted by Crippen LogP contribution is -2.30. The number of carbonyl (C=O) groups excluding carboxylic acids is 1. The topological polar surface area (TPSA) is 37.3 Å². The van der Waals surface area contributed by atoms with Crippen molar-refractivity contribution in [3.63, 3.8) is 0 Å². The molecule has 0 amide bonds. The molecule has 0 bridgehead atoms. The van der Waals surface area contributed by atoms with Crippen LogP contribution < -0.4 is 0 Å². The van der Waals surface area contributed by atoms with Crippen molar-refractivity contribution in [1.29, 1.82) is 0 Å². The standard InChI is InChI=1S/C10H18O2/c1-9-3-2-4-10(7-9,8-12)5-6-11/h8-9,11H,2-7H2,1H3. The lowest BCUT2D eigenvalue weighted by molar-refractivity contribution is -0.119. The first-order chi connectivity index (χ1) is 5.72. The van der Waals surface area contributed by atoms with Crippen LogP contribution in [0.4, 0.5) is 0 Å². The van der Waals surface area contributed by atoms with Gasteiger partial charge in [-0.2, -0.15) is 0 Å². The van der Waals surface area contributed by atoms with Gasteiger partial charge in [0.25, 0.3) is 0 Å². The second-order valence-corrected chi connectivity index (χ2v) is 4.16. The Kier molecular flexibility index (Phi) is 3.27. The quantitative estimate of drug-likeness (QED) is 0.655. The Hall–Kier alpha value is -0.370. The van der Waals surface area contributed by atoms with Crippen LogP contribution in [0.25, 0.3) is 0 Å². The van der Waals surface area contributed by atoms with Crippen molar-refractivity contribution < 1.29 is 9.90 Å². The third-order valence-electron chi connectivity index (χ3n) is 2.99. The van der Waals surface area contributed by atoms with Gasteiger partial charge in [0.2, 0.25) is 0 Å². The third-order valence-corrected chi connectivity index (χ3v) is 2.99. The molecular weight excluding hydrogens is 152 g/mol. The van der Waals surface area contributed by atoms with Gasteiger partial charge in [0.1, 0.15) is 6.29 Å². The molecule has 1 saturated carbocycles. The van der Waals surface area contributed by atoms with Gasteiger partial charge in [0.15, 0.2) is 0 Å². The Morgan fingerprint density at radius 1 is 1.67 bits per heavy atom. The van der Waals surface area contributed by atoms with Crippen molar-refractivity contribution in [3.05, 3.63) is 0 Å². The summed E-state index contributed by atoms with van der Waals surface area (Å²) in [6, 6.07) is 0. The van der Waals surface area contributed by atoms with Gasteiger partial charge in [-0.25, -0.2) is 0 Å². The molecule has 0 heterocycles. The van der Waals surface area contributed by atoms with E-state index in [0.29, 0.717) is 12.3 Å². The molecule has 1 rings (SSSR count). The van der Waals surface area contributed by atoms with E-state index in [0.717, 1.165) is 25.5 Å². The maximum atomic E-state index is 10.9.